The van der Waals surface area contributed by atoms with Crippen LogP contribution in [-0.2, 0) is 6.18 Å². The van der Waals surface area contributed by atoms with Gasteiger partial charge in [0.05, 0.1) is 11.6 Å². The molecule has 2 rings (SSSR count). The first-order valence-corrected chi connectivity index (χ1v) is 6.86. The zero-order valence-corrected chi connectivity index (χ0v) is 12.7. The van der Waals surface area contributed by atoms with Crippen LogP contribution >= 0.6 is 15.9 Å². The van der Waals surface area contributed by atoms with Crippen LogP contribution in [0.2, 0.25) is 0 Å². The summed E-state index contributed by atoms with van der Waals surface area (Å²) in [7, 11) is 0. The van der Waals surface area contributed by atoms with Crippen molar-refractivity contribution >= 4 is 15.9 Å². The molecule has 1 unspecified atom stereocenters. The Balaban J connectivity index is 2.58. The molecule has 0 aliphatic heterocycles. The lowest BCUT2D eigenvalue weighted by atomic mass is 9.95. The van der Waals surface area contributed by atoms with E-state index in [-0.39, 0.29) is 5.56 Å². The van der Waals surface area contributed by atoms with Gasteiger partial charge < -0.3 is 0 Å². The van der Waals surface area contributed by atoms with E-state index in [9.17, 15) is 13.2 Å². The van der Waals surface area contributed by atoms with Gasteiger partial charge in [-0.3, -0.25) is 10.8 Å². The monoisotopic (exact) mass is 359 g/mol. The molecule has 1 heterocycles. The van der Waals surface area contributed by atoms with E-state index in [1.54, 1.807) is 18.3 Å². The van der Waals surface area contributed by atoms with Crippen molar-refractivity contribution in [1.82, 2.24) is 10.4 Å². The molecule has 0 radical (unpaired) electrons. The number of nitrogens with zero attached hydrogens (tertiary/aromatic N) is 1. The van der Waals surface area contributed by atoms with Crippen LogP contribution in [-0.4, -0.2) is 4.98 Å². The molecule has 0 amide bonds. The number of halogens is 4. The van der Waals surface area contributed by atoms with Gasteiger partial charge in [-0.2, -0.15) is 13.2 Å². The van der Waals surface area contributed by atoms with Crippen LogP contribution in [0.3, 0.4) is 0 Å². The van der Waals surface area contributed by atoms with Crippen molar-refractivity contribution in [2.45, 2.75) is 19.1 Å². The Kier molecular flexibility index (Phi) is 4.65. The van der Waals surface area contributed by atoms with E-state index >= 15 is 0 Å². The Labute approximate surface area is 128 Å². The number of hydrogen-bond acceptors (Lipinski definition) is 3. The van der Waals surface area contributed by atoms with Gasteiger partial charge in [0.1, 0.15) is 0 Å². The minimum absolute atomic E-state index is 0.0561. The number of alkyl halides is 3. The first-order chi connectivity index (χ1) is 9.82. The van der Waals surface area contributed by atoms with Gasteiger partial charge in [0.2, 0.25) is 0 Å². The summed E-state index contributed by atoms with van der Waals surface area (Å²) >= 11 is 3.06. The third-order valence-electron chi connectivity index (χ3n) is 3.03. The lowest BCUT2D eigenvalue weighted by Gasteiger charge is -2.21. The lowest BCUT2D eigenvalue weighted by molar-refractivity contribution is -0.138. The molecule has 1 atom stereocenters. The number of pyridine rings is 1. The van der Waals surface area contributed by atoms with Gasteiger partial charge in [-0.05, 0) is 35.7 Å². The van der Waals surface area contributed by atoms with Gasteiger partial charge in [0.15, 0.2) is 0 Å². The van der Waals surface area contributed by atoms with E-state index in [1.807, 2.05) is 6.92 Å². The average molecular weight is 360 g/mol. The minimum atomic E-state index is -4.47. The summed E-state index contributed by atoms with van der Waals surface area (Å²) in [6.07, 6.45) is -1.34. The highest BCUT2D eigenvalue weighted by Gasteiger charge is 2.35. The van der Waals surface area contributed by atoms with Gasteiger partial charge in [-0.25, -0.2) is 5.43 Å². The van der Waals surface area contributed by atoms with Crippen LogP contribution in [0.4, 0.5) is 13.2 Å². The number of nitrogens with one attached hydrogen (secondary N) is 1. The number of rotatable bonds is 3. The summed E-state index contributed by atoms with van der Waals surface area (Å²) in [4.78, 5) is 4.00. The van der Waals surface area contributed by atoms with Crippen molar-refractivity contribution in [3.05, 3.63) is 63.4 Å². The summed E-state index contributed by atoms with van der Waals surface area (Å²) in [5.41, 5.74) is 3.18. The predicted molar refractivity (Wildman–Crippen MR) is 77.3 cm³/mol. The minimum Gasteiger partial charge on any atom is -0.271 e. The average Bonchev–Trinajstić information content (AvgIpc) is 2.40. The fraction of sp³-hybridized carbons (Fsp3) is 0.214. The fourth-order valence-electron chi connectivity index (χ4n) is 2.13. The standard InChI is InChI=1S/C14H13BrF3N3/c1-8-4-9(7-20-6-8)13(21-19)11-3-2-10(15)5-12(11)14(16,17)18/h2-7,13,21H,19H2,1H3. The predicted octanol–water partition coefficient (Wildman–Crippen LogP) is 3.72. The normalized spacial score (nSPS) is 13.2. The van der Waals surface area contributed by atoms with Crippen molar-refractivity contribution in [2.24, 2.45) is 5.84 Å². The van der Waals surface area contributed by atoms with E-state index in [4.69, 9.17) is 5.84 Å². The topological polar surface area (TPSA) is 50.9 Å². The molecule has 7 heteroatoms. The van der Waals surface area contributed by atoms with Crippen molar-refractivity contribution in [3.8, 4) is 0 Å². The smallest absolute Gasteiger partial charge is 0.271 e. The number of benzene rings is 1. The molecule has 2 aromatic rings. The van der Waals surface area contributed by atoms with E-state index in [2.05, 4.69) is 26.3 Å². The fourth-order valence-corrected chi connectivity index (χ4v) is 2.49. The van der Waals surface area contributed by atoms with Gasteiger partial charge in [-0.1, -0.05) is 28.1 Å². The molecule has 112 valence electrons. The second-order valence-corrected chi connectivity index (χ2v) is 5.54. The van der Waals surface area contributed by atoms with Gasteiger partial charge in [0, 0.05) is 16.9 Å². The summed E-state index contributed by atoms with van der Waals surface area (Å²) in [6, 6.07) is 4.96. The third-order valence-corrected chi connectivity index (χ3v) is 3.52. The molecule has 0 saturated heterocycles. The lowest BCUT2D eigenvalue weighted by Crippen LogP contribution is -2.30. The van der Waals surface area contributed by atoms with E-state index in [0.717, 1.165) is 11.6 Å². The highest BCUT2D eigenvalue weighted by molar-refractivity contribution is 9.10. The molecular weight excluding hydrogens is 347 g/mol. The zero-order chi connectivity index (χ0) is 15.6. The summed E-state index contributed by atoms with van der Waals surface area (Å²) in [5.74, 6) is 5.48. The van der Waals surface area contributed by atoms with Crippen molar-refractivity contribution < 1.29 is 13.2 Å². The van der Waals surface area contributed by atoms with Crippen molar-refractivity contribution in [2.75, 3.05) is 0 Å². The number of nitrogens with two attached hydrogens (primary N) is 1. The molecule has 0 spiro atoms. The molecule has 0 fully saturated rings. The van der Waals surface area contributed by atoms with E-state index in [1.165, 1.54) is 12.3 Å². The quantitative estimate of drug-likeness (QED) is 0.648. The van der Waals surface area contributed by atoms with Crippen LogP contribution in [0.1, 0.15) is 28.3 Å². The molecular formula is C14H13BrF3N3. The maximum Gasteiger partial charge on any atom is 0.416 e. The molecule has 0 aliphatic carbocycles. The summed E-state index contributed by atoms with van der Waals surface area (Å²) < 4.78 is 40.0. The Bertz CT molecular complexity index is 644. The maximum atomic E-state index is 13.2. The molecule has 3 N–H and O–H groups in total. The molecule has 1 aromatic heterocycles. The second-order valence-electron chi connectivity index (χ2n) is 4.62. The maximum absolute atomic E-state index is 13.2. The largest absolute Gasteiger partial charge is 0.416 e. The van der Waals surface area contributed by atoms with Crippen LogP contribution in [0.15, 0.2) is 41.1 Å². The van der Waals surface area contributed by atoms with Crippen molar-refractivity contribution in [1.29, 1.82) is 0 Å². The van der Waals surface area contributed by atoms with Crippen LogP contribution in [0.5, 0.6) is 0 Å². The van der Waals surface area contributed by atoms with Crippen LogP contribution in [0, 0.1) is 6.92 Å². The highest BCUT2D eigenvalue weighted by Crippen LogP contribution is 2.37. The SMILES string of the molecule is Cc1cncc(C(NN)c2ccc(Br)cc2C(F)(F)F)c1. The van der Waals surface area contributed by atoms with Crippen LogP contribution in [0.25, 0.3) is 0 Å². The molecule has 0 aliphatic rings. The number of hydrazine groups is 1. The number of aromatic nitrogens is 1. The summed E-state index contributed by atoms with van der Waals surface area (Å²) in [5, 5.41) is 0. The Hall–Kier alpha value is -1.44. The first kappa shape index (κ1) is 15.9. The molecule has 3 nitrogen and oxygen atoms in total. The van der Waals surface area contributed by atoms with Gasteiger partial charge >= 0.3 is 6.18 Å². The van der Waals surface area contributed by atoms with Crippen LogP contribution < -0.4 is 11.3 Å². The Morgan fingerprint density at radius 3 is 2.52 bits per heavy atom. The molecule has 0 bridgehead atoms. The van der Waals surface area contributed by atoms with E-state index in [0.29, 0.717) is 10.0 Å². The number of hydrogen-bond donors (Lipinski definition) is 2. The van der Waals surface area contributed by atoms with Gasteiger partial charge in [-0.15, -0.1) is 0 Å². The molecule has 21 heavy (non-hydrogen) atoms. The summed E-state index contributed by atoms with van der Waals surface area (Å²) in [6.45, 7) is 1.82. The number of aryl methyl sites for hydroxylation is 1. The zero-order valence-electron chi connectivity index (χ0n) is 11.1. The molecule has 1 aromatic carbocycles. The van der Waals surface area contributed by atoms with Crippen molar-refractivity contribution in [3.63, 3.8) is 0 Å². The van der Waals surface area contributed by atoms with E-state index < -0.39 is 17.8 Å². The third kappa shape index (κ3) is 3.61. The van der Waals surface area contributed by atoms with Gasteiger partial charge in [0.25, 0.3) is 0 Å². The highest BCUT2D eigenvalue weighted by atomic mass is 79.9. The Morgan fingerprint density at radius 2 is 1.95 bits per heavy atom. The molecule has 0 saturated carbocycles. The second kappa shape index (κ2) is 6.13. The first-order valence-electron chi connectivity index (χ1n) is 6.07. The Morgan fingerprint density at radius 1 is 1.24 bits per heavy atom.